The number of nitrogens with two attached hydrogens (primary N) is 2. The molecule has 0 radical (unpaired) electrons. The number of nitrogen functional groups attached to an aromatic ring is 1. The van der Waals surface area contributed by atoms with Crippen LogP contribution in [0.5, 0.6) is 5.75 Å². The minimum atomic E-state index is -0.236. The first-order chi connectivity index (χ1) is 17.0. The maximum Gasteiger partial charge on any atom is 0.222 e. The normalized spacial score (nSPS) is 16.0. The second-order valence-electron chi connectivity index (χ2n) is 8.99. The molecule has 0 amide bonds. The van der Waals surface area contributed by atoms with E-state index in [1.54, 1.807) is 13.3 Å². The molecular weight excluding hydrogens is 446 g/mol. The number of aliphatic hydroxyl groups excluding tert-OH is 1. The zero-order valence-electron chi connectivity index (χ0n) is 20.7. The first-order valence-electron chi connectivity index (χ1n) is 12.2. The fourth-order valence-corrected chi connectivity index (χ4v) is 4.55. The minimum Gasteiger partial charge on any atom is -0.496 e. The van der Waals surface area contributed by atoms with E-state index in [1.807, 2.05) is 4.68 Å². The summed E-state index contributed by atoms with van der Waals surface area (Å²) in [4.78, 5) is 13.5. The van der Waals surface area contributed by atoms with Gasteiger partial charge in [0.05, 0.1) is 32.6 Å². The van der Waals surface area contributed by atoms with Crippen LogP contribution in [0.4, 0.5) is 11.8 Å². The summed E-state index contributed by atoms with van der Waals surface area (Å²) in [5.41, 5.74) is 15.8. The van der Waals surface area contributed by atoms with Crippen LogP contribution in [0.3, 0.4) is 0 Å². The van der Waals surface area contributed by atoms with Gasteiger partial charge in [-0.25, -0.2) is 4.98 Å². The number of rotatable bonds is 11. The number of benzene rings is 1. The van der Waals surface area contributed by atoms with Crippen molar-refractivity contribution in [3.8, 4) is 5.75 Å². The van der Waals surface area contributed by atoms with Crippen LogP contribution < -0.4 is 21.5 Å². The van der Waals surface area contributed by atoms with E-state index in [4.69, 9.17) is 21.3 Å². The number of nitrogens with one attached hydrogen (secondary N) is 1. The molecule has 1 aliphatic heterocycles. The van der Waals surface area contributed by atoms with E-state index in [1.165, 1.54) is 5.56 Å². The summed E-state index contributed by atoms with van der Waals surface area (Å²) in [5, 5.41) is 17.0. The Hall–Kier alpha value is -2.99. The highest BCUT2D eigenvalue weighted by Gasteiger charge is 2.18. The van der Waals surface area contributed by atoms with Gasteiger partial charge in [-0.3, -0.25) is 14.5 Å². The molecule has 1 unspecified atom stereocenters. The lowest BCUT2D eigenvalue weighted by molar-refractivity contribution is 0.108. The second-order valence-corrected chi connectivity index (χ2v) is 8.99. The van der Waals surface area contributed by atoms with Gasteiger partial charge in [0.15, 0.2) is 5.82 Å². The lowest BCUT2D eigenvalue weighted by Crippen LogP contribution is -2.46. The zero-order chi connectivity index (χ0) is 24.8. The van der Waals surface area contributed by atoms with Crippen molar-refractivity contribution in [3.63, 3.8) is 0 Å². The Labute approximate surface area is 206 Å². The number of hydrogen-bond acceptors (Lipinski definition) is 10. The van der Waals surface area contributed by atoms with Gasteiger partial charge in [-0.05, 0) is 18.1 Å². The Balaban J connectivity index is 1.51. The maximum atomic E-state index is 9.14. The van der Waals surface area contributed by atoms with Crippen LogP contribution in [0.1, 0.15) is 30.9 Å². The Bertz CT molecular complexity index is 1110. The van der Waals surface area contributed by atoms with Crippen molar-refractivity contribution in [2.24, 2.45) is 5.73 Å². The van der Waals surface area contributed by atoms with Crippen molar-refractivity contribution in [3.05, 3.63) is 35.5 Å². The van der Waals surface area contributed by atoms with Crippen LogP contribution in [0, 0.1) is 0 Å². The van der Waals surface area contributed by atoms with Gasteiger partial charge in [0.1, 0.15) is 16.8 Å². The number of piperazine rings is 1. The first kappa shape index (κ1) is 25.1. The van der Waals surface area contributed by atoms with Crippen LogP contribution in [-0.2, 0) is 13.1 Å². The molecule has 0 saturated carbocycles. The predicted molar refractivity (Wildman–Crippen MR) is 137 cm³/mol. The predicted octanol–water partition coefficient (Wildman–Crippen LogP) is 1.07. The molecule has 0 aliphatic carbocycles. The smallest absolute Gasteiger partial charge is 0.222 e. The molecule has 1 atom stereocenters. The molecule has 1 aliphatic rings. The average Bonchev–Trinajstić information content (AvgIpc) is 3.24. The van der Waals surface area contributed by atoms with Gasteiger partial charge in [-0.1, -0.05) is 25.5 Å². The number of hydrogen-bond donors (Lipinski definition) is 4. The average molecular weight is 484 g/mol. The van der Waals surface area contributed by atoms with Crippen molar-refractivity contribution < 1.29 is 9.84 Å². The van der Waals surface area contributed by atoms with E-state index >= 15 is 0 Å². The van der Waals surface area contributed by atoms with E-state index < -0.39 is 0 Å². The summed E-state index contributed by atoms with van der Waals surface area (Å²) in [5.74, 6) is 1.59. The molecule has 35 heavy (non-hydrogen) atoms. The summed E-state index contributed by atoms with van der Waals surface area (Å²) in [6, 6.07) is 6.35. The van der Waals surface area contributed by atoms with E-state index in [-0.39, 0.29) is 18.7 Å². The van der Waals surface area contributed by atoms with Crippen LogP contribution in [0.15, 0.2) is 24.4 Å². The number of anilines is 2. The molecule has 3 aromatic rings. The summed E-state index contributed by atoms with van der Waals surface area (Å²) in [7, 11) is 1.69. The van der Waals surface area contributed by atoms with Gasteiger partial charge in [0.2, 0.25) is 5.95 Å². The summed E-state index contributed by atoms with van der Waals surface area (Å²) in [6.45, 7) is 8.35. The maximum absolute atomic E-state index is 9.14. The van der Waals surface area contributed by atoms with E-state index in [2.05, 4.69) is 55.3 Å². The molecule has 1 saturated heterocycles. The third kappa shape index (κ3) is 6.17. The number of nitrogens with zero attached hydrogens (tertiary/aromatic N) is 6. The number of methoxy groups -OCH3 is 1. The van der Waals surface area contributed by atoms with Crippen LogP contribution in [-0.4, -0.2) is 87.3 Å². The molecule has 0 bridgehead atoms. The van der Waals surface area contributed by atoms with Crippen molar-refractivity contribution in [1.82, 2.24) is 29.5 Å². The third-order valence-electron chi connectivity index (χ3n) is 6.39. The third-order valence-corrected chi connectivity index (χ3v) is 6.39. The van der Waals surface area contributed by atoms with Crippen molar-refractivity contribution in [2.75, 3.05) is 57.5 Å². The Kier molecular flexibility index (Phi) is 8.34. The first-order valence-corrected chi connectivity index (χ1v) is 12.2. The van der Waals surface area contributed by atoms with Gasteiger partial charge in [-0.2, -0.15) is 10.1 Å². The largest absolute Gasteiger partial charge is 0.496 e. The number of fused-ring (bicyclic) bond motifs is 1. The van der Waals surface area contributed by atoms with Gasteiger partial charge < -0.3 is 26.6 Å². The summed E-state index contributed by atoms with van der Waals surface area (Å²) >= 11 is 0. The van der Waals surface area contributed by atoms with Gasteiger partial charge >= 0.3 is 0 Å². The quantitative estimate of drug-likeness (QED) is 0.292. The number of aromatic nitrogens is 4. The lowest BCUT2D eigenvalue weighted by atomic mass is 10.1. The standard InChI is InChI=1S/C24H37N9O2/c1-3-4-21(25)29-23-22-19(28-24(26)30-23)14-27-33(22)16-18-6-5-17(13-20(18)35-2)15-32-9-7-31(8-10-32)11-12-34/h5-6,13-14,21,34H,3-4,7-12,15-16,25H2,1-2H3,(H3,26,28,29,30). The van der Waals surface area contributed by atoms with Gasteiger partial charge in [0.25, 0.3) is 0 Å². The Morgan fingerprint density at radius 2 is 1.91 bits per heavy atom. The molecule has 1 aromatic carbocycles. The van der Waals surface area contributed by atoms with Crippen LogP contribution >= 0.6 is 0 Å². The van der Waals surface area contributed by atoms with Crippen LogP contribution in [0.25, 0.3) is 11.0 Å². The molecule has 190 valence electrons. The fraction of sp³-hybridized carbons (Fsp3) is 0.542. The monoisotopic (exact) mass is 483 g/mol. The fourth-order valence-electron chi connectivity index (χ4n) is 4.55. The SMILES string of the molecule is CCCC(N)Nc1nc(N)nc2cnn(Cc3ccc(CN4CCN(CCO)CC4)cc3OC)c12. The van der Waals surface area contributed by atoms with E-state index in [0.29, 0.717) is 17.9 Å². The van der Waals surface area contributed by atoms with Gasteiger partial charge in [0, 0.05) is 44.8 Å². The highest BCUT2D eigenvalue weighted by Crippen LogP contribution is 2.26. The molecule has 1 fully saturated rings. The number of β-amino-alcohol motifs (C(OH)–C–C–N with tert-alkyl or cyclic N) is 1. The molecule has 11 nitrogen and oxygen atoms in total. The summed E-state index contributed by atoms with van der Waals surface area (Å²) < 4.78 is 7.60. The zero-order valence-corrected chi connectivity index (χ0v) is 20.7. The van der Waals surface area contributed by atoms with E-state index in [9.17, 15) is 0 Å². The highest BCUT2D eigenvalue weighted by molar-refractivity contribution is 5.86. The molecule has 3 heterocycles. The van der Waals surface area contributed by atoms with Gasteiger partial charge in [-0.15, -0.1) is 0 Å². The van der Waals surface area contributed by atoms with Crippen LogP contribution in [0.2, 0.25) is 0 Å². The summed E-state index contributed by atoms with van der Waals surface area (Å²) in [6.07, 6.45) is 3.23. The second kappa shape index (κ2) is 11.6. The molecule has 4 rings (SSSR count). The molecule has 11 heteroatoms. The van der Waals surface area contributed by atoms with Crippen molar-refractivity contribution in [2.45, 2.75) is 39.0 Å². The number of aliphatic hydroxyl groups is 1. The molecular formula is C24H37N9O2. The topological polar surface area (TPSA) is 144 Å². The highest BCUT2D eigenvalue weighted by atomic mass is 16.5. The molecule has 6 N–H and O–H groups in total. The molecule has 0 spiro atoms. The molecule has 2 aromatic heterocycles. The Morgan fingerprint density at radius 3 is 2.63 bits per heavy atom. The van der Waals surface area contributed by atoms with E-state index in [0.717, 1.165) is 68.9 Å². The van der Waals surface area contributed by atoms with Crippen molar-refractivity contribution >= 4 is 22.8 Å². The number of ether oxygens (including phenoxy) is 1. The minimum absolute atomic E-state index is 0.183. The Morgan fingerprint density at radius 1 is 1.14 bits per heavy atom. The van der Waals surface area contributed by atoms with Crippen molar-refractivity contribution in [1.29, 1.82) is 0 Å². The lowest BCUT2D eigenvalue weighted by Gasteiger charge is -2.34.